The third-order valence-electron chi connectivity index (χ3n) is 3.40. The first-order valence-electron chi connectivity index (χ1n) is 6.39. The van der Waals surface area contributed by atoms with Crippen molar-refractivity contribution in [3.8, 4) is 0 Å². The van der Waals surface area contributed by atoms with E-state index in [1.165, 1.54) is 11.1 Å². The summed E-state index contributed by atoms with van der Waals surface area (Å²) in [5.74, 6) is 0. The number of benzene rings is 2. The number of likely N-dealkylation sites (N-methyl/N-ethyl adjacent to an activating group) is 1. The predicted octanol–water partition coefficient (Wildman–Crippen LogP) is 5.57. The molecule has 0 saturated carbocycles. The van der Waals surface area contributed by atoms with Crippen LogP contribution in [0.3, 0.4) is 0 Å². The summed E-state index contributed by atoms with van der Waals surface area (Å²) in [6.45, 7) is 2.09. The van der Waals surface area contributed by atoms with Crippen LogP contribution in [0, 0.1) is 6.92 Å². The fourth-order valence-corrected chi connectivity index (χ4v) is 3.00. The van der Waals surface area contributed by atoms with Crippen LogP contribution < -0.4 is 5.32 Å². The van der Waals surface area contributed by atoms with Gasteiger partial charge in [-0.2, -0.15) is 0 Å². The molecule has 2 aromatic carbocycles. The smallest absolute Gasteiger partial charge is 0.0453 e. The molecule has 2 rings (SSSR count). The first-order valence-corrected chi connectivity index (χ1v) is 7.94. The Labute approximate surface area is 138 Å². The van der Waals surface area contributed by atoms with E-state index in [1.54, 1.807) is 0 Å². The highest BCUT2D eigenvalue weighted by molar-refractivity contribution is 9.10. The molecule has 2 aromatic rings. The van der Waals surface area contributed by atoms with Gasteiger partial charge in [0, 0.05) is 20.6 Å². The molecule has 0 bridgehead atoms. The highest BCUT2D eigenvalue weighted by atomic mass is 79.9. The van der Waals surface area contributed by atoms with E-state index in [0.717, 1.165) is 16.5 Å². The molecule has 0 aliphatic carbocycles. The quantitative estimate of drug-likeness (QED) is 0.739. The molecular formula is C16H16BrCl2N. The van der Waals surface area contributed by atoms with Gasteiger partial charge in [-0.25, -0.2) is 0 Å². The Hall–Kier alpha value is -0.540. The molecule has 0 aliphatic heterocycles. The zero-order valence-corrected chi connectivity index (χ0v) is 14.5. The SMILES string of the molecule is CNC(Cc1c(Cl)cccc1Cl)c1ccc(Br)c(C)c1. The van der Waals surface area contributed by atoms with Gasteiger partial charge in [-0.3, -0.25) is 0 Å². The first-order chi connectivity index (χ1) is 9.52. The summed E-state index contributed by atoms with van der Waals surface area (Å²) in [6.07, 6.45) is 0.760. The number of halogens is 3. The fraction of sp³-hybridized carbons (Fsp3) is 0.250. The molecular weight excluding hydrogens is 357 g/mol. The van der Waals surface area contributed by atoms with Crippen LogP contribution in [0.25, 0.3) is 0 Å². The lowest BCUT2D eigenvalue weighted by molar-refractivity contribution is 0.592. The lowest BCUT2D eigenvalue weighted by Gasteiger charge is -2.19. The zero-order valence-electron chi connectivity index (χ0n) is 11.4. The highest BCUT2D eigenvalue weighted by Gasteiger charge is 2.15. The molecule has 0 aromatic heterocycles. The van der Waals surface area contributed by atoms with E-state index in [2.05, 4.69) is 46.4 Å². The van der Waals surface area contributed by atoms with Gasteiger partial charge in [-0.15, -0.1) is 0 Å². The Morgan fingerprint density at radius 2 is 1.80 bits per heavy atom. The van der Waals surface area contributed by atoms with Crippen LogP contribution in [0.5, 0.6) is 0 Å². The van der Waals surface area contributed by atoms with Gasteiger partial charge in [-0.1, -0.05) is 57.3 Å². The Morgan fingerprint density at radius 1 is 1.15 bits per heavy atom. The highest BCUT2D eigenvalue weighted by Crippen LogP contribution is 2.30. The fourth-order valence-electron chi connectivity index (χ4n) is 2.20. The topological polar surface area (TPSA) is 12.0 Å². The maximum Gasteiger partial charge on any atom is 0.0453 e. The molecule has 0 heterocycles. The Morgan fingerprint density at radius 3 is 2.35 bits per heavy atom. The van der Waals surface area contributed by atoms with E-state index in [-0.39, 0.29) is 6.04 Å². The van der Waals surface area contributed by atoms with Gasteiger partial charge < -0.3 is 5.32 Å². The molecule has 0 saturated heterocycles. The van der Waals surface area contributed by atoms with Gasteiger partial charge in [0.15, 0.2) is 0 Å². The van der Waals surface area contributed by atoms with E-state index >= 15 is 0 Å². The van der Waals surface area contributed by atoms with Crippen LogP contribution in [-0.4, -0.2) is 7.05 Å². The van der Waals surface area contributed by atoms with Crippen LogP contribution >= 0.6 is 39.1 Å². The number of rotatable bonds is 4. The minimum Gasteiger partial charge on any atom is -0.313 e. The van der Waals surface area contributed by atoms with Gasteiger partial charge in [0.2, 0.25) is 0 Å². The molecule has 1 nitrogen and oxygen atoms in total. The molecule has 1 atom stereocenters. The molecule has 0 spiro atoms. The van der Waals surface area contributed by atoms with Crippen molar-refractivity contribution in [3.05, 3.63) is 67.6 Å². The van der Waals surface area contributed by atoms with Crippen molar-refractivity contribution < 1.29 is 0 Å². The zero-order chi connectivity index (χ0) is 14.7. The molecule has 106 valence electrons. The summed E-state index contributed by atoms with van der Waals surface area (Å²) < 4.78 is 1.12. The second-order valence-electron chi connectivity index (χ2n) is 4.75. The lowest BCUT2D eigenvalue weighted by Crippen LogP contribution is -2.19. The summed E-state index contributed by atoms with van der Waals surface area (Å²) in [4.78, 5) is 0. The third kappa shape index (κ3) is 3.56. The maximum absolute atomic E-state index is 6.25. The summed E-state index contributed by atoms with van der Waals surface area (Å²) >= 11 is 16.0. The first kappa shape index (κ1) is 15.8. The van der Waals surface area contributed by atoms with Crippen molar-refractivity contribution in [3.63, 3.8) is 0 Å². The van der Waals surface area contributed by atoms with Crippen LogP contribution in [0.1, 0.15) is 22.7 Å². The Kier molecular flexibility index (Phi) is 5.50. The van der Waals surface area contributed by atoms with E-state index in [9.17, 15) is 0 Å². The molecule has 1 unspecified atom stereocenters. The number of nitrogens with one attached hydrogen (secondary N) is 1. The molecule has 0 aliphatic rings. The van der Waals surface area contributed by atoms with Crippen LogP contribution in [-0.2, 0) is 6.42 Å². The van der Waals surface area contributed by atoms with Crippen LogP contribution in [0.15, 0.2) is 40.9 Å². The number of aryl methyl sites for hydroxylation is 1. The van der Waals surface area contributed by atoms with E-state index in [4.69, 9.17) is 23.2 Å². The molecule has 0 fully saturated rings. The molecule has 20 heavy (non-hydrogen) atoms. The van der Waals surface area contributed by atoms with Crippen molar-refractivity contribution in [1.82, 2.24) is 5.32 Å². The minimum absolute atomic E-state index is 0.180. The van der Waals surface area contributed by atoms with Crippen molar-refractivity contribution in [2.45, 2.75) is 19.4 Å². The summed E-state index contributed by atoms with van der Waals surface area (Å²) in [5, 5.41) is 4.76. The van der Waals surface area contributed by atoms with Crippen molar-refractivity contribution in [2.24, 2.45) is 0 Å². The second kappa shape index (κ2) is 6.95. The predicted molar refractivity (Wildman–Crippen MR) is 90.8 cm³/mol. The maximum atomic E-state index is 6.25. The average Bonchev–Trinajstić information content (AvgIpc) is 2.42. The summed E-state index contributed by atoms with van der Waals surface area (Å²) in [7, 11) is 1.95. The van der Waals surface area contributed by atoms with Gasteiger partial charge in [-0.05, 0) is 55.3 Å². The summed E-state index contributed by atoms with van der Waals surface area (Å²) in [6, 6.07) is 12.2. The standard InChI is InChI=1S/C16H16BrCl2N/c1-10-8-11(6-7-13(10)17)16(20-2)9-12-14(18)4-3-5-15(12)19/h3-8,16,20H,9H2,1-2H3. The molecule has 1 N–H and O–H groups in total. The van der Waals surface area contributed by atoms with Crippen LogP contribution in [0.2, 0.25) is 10.0 Å². The molecule has 0 radical (unpaired) electrons. The summed E-state index contributed by atoms with van der Waals surface area (Å²) in [5.41, 5.74) is 3.42. The third-order valence-corrected chi connectivity index (χ3v) is 5.00. The van der Waals surface area contributed by atoms with Gasteiger partial charge >= 0.3 is 0 Å². The monoisotopic (exact) mass is 371 g/mol. The van der Waals surface area contributed by atoms with Crippen molar-refractivity contribution in [1.29, 1.82) is 0 Å². The number of hydrogen-bond donors (Lipinski definition) is 1. The molecule has 0 amide bonds. The van der Waals surface area contributed by atoms with E-state index in [0.29, 0.717) is 10.0 Å². The largest absolute Gasteiger partial charge is 0.313 e. The normalized spacial score (nSPS) is 12.4. The van der Waals surface area contributed by atoms with Gasteiger partial charge in [0.1, 0.15) is 0 Å². The van der Waals surface area contributed by atoms with Gasteiger partial charge in [0.25, 0.3) is 0 Å². The average molecular weight is 373 g/mol. The molecule has 4 heteroatoms. The number of hydrogen-bond acceptors (Lipinski definition) is 1. The Bertz CT molecular complexity index is 593. The van der Waals surface area contributed by atoms with Gasteiger partial charge in [0.05, 0.1) is 0 Å². The van der Waals surface area contributed by atoms with Crippen molar-refractivity contribution in [2.75, 3.05) is 7.05 Å². The lowest BCUT2D eigenvalue weighted by atomic mass is 9.97. The second-order valence-corrected chi connectivity index (χ2v) is 6.42. The minimum atomic E-state index is 0.180. The van der Waals surface area contributed by atoms with Crippen LogP contribution in [0.4, 0.5) is 0 Å². The van der Waals surface area contributed by atoms with E-state index in [1.807, 2.05) is 25.2 Å². The van der Waals surface area contributed by atoms with E-state index < -0.39 is 0 Å². The Balaban J connectivity index is 2.31. The van der Waals surface area contributed by atoms with Crippen molar-refractivity contribution >= 4 is 39.1 Å².